The predicted molar refractivity (Wildman–Crippen MR) is 89.0 cm³/mol. The van der Waals surface area contributed by atoms with Crippen molar-refractivity contribution in [3.05, 3.63) is 52.9 Å². The molecule has 2 amide bonds. The Balaban J connectivity index is 1.71. The first kappa shape index (κ1) is 16.5. The highest BCUT2D eigenvalue weighted by Crippen LogP contribution is 2.26. The van der Waals surface area contributed by atoms with Crippen molar-refractivity contribution in [3.8, 4) is 0 Å². The molecule has 3 rings (SSSR count). The summed E-state index contributed by atoms with van der Waals surface area (Å²) in [6.07, 6.45) is 1.83. The van der Waals surface area contributed by atoms with Gasteiger partial charge in [-0.1, -0.05) is 11.6 Å². The van der Waals surface area contributed by atoms with Crippen molar-refractivity contribution in [2.24, 2.45) is 0 Å². The molecule has 0 saturated carbocycles. The summed E-state index contributed by atoms with van der Waals surface area (Å²) in [7, 11) is 0. The lowest BCUT2D eigenvalue weighted by Gasteiger charge is -2.17. The Hall–Kier alpha value is -2.31. The Morgan fingerprint density at radius 1 is 1.42 bits per heavy atom. The summed E-state index contributed by atoms with van der Waals surface area (Å²) in [4.78, 5) is 25.8. The predicted octanol–water partition coefficient (Wildman–Crippen LogP) is 2.52. The monoisotopic (exact) mass is 348 g/mol. The molecular formula is C17H17ClN2O4. The number of rotatable bonds is 5. The number of carbonyl (C=O) groups excluding carboxylic acids is 2. The molecule has 1 aromatic carbocycles. The Labute approximate surface area is 144 Å². The van der Waals surface area contributed by atoms with E-state index in [1.165, 1.54) is 6.26 Å². The minimum absolute atomic E-state index is 0.00442. The molecule has 0 bridgehead atoms. The van der Waals surface area contributed by atoms with Crippen LogP contribution in [-0.4, -0.2) is 30.0 Å². The minimum Gasteiger partial charge on any atom is -0.467 e. The van der Waals surface area contributed by atoms with Gasteiger partial charge < -0.3 is 19.7 Å². The number of carbonyl (C=O) groups is 2. The Morgan fingerprint density at radius 2 is 2.25 bits per heavy atom. The van der Waals surface area contributed by atoms with Crippen LogP contribution >= 0.6 is 11.6 Å². The standard InChI is InChI=1S/C17H17ClN2O4/c18-13-6-5-11(20-7-1-4-16(20)22)9-12(13)17(23)19-10-14(21)15-3-2-8-24-15/h2-3,5-6,8-9,14,21H,1,4,7,10H2,(H,19,23). The smallest absolute Gasteiger partial charge is 0.252 e. The summed E-state index contributed by atoms with van der Waals surface area (Å²) in [5.41, 5.74) is 0.916. The number of hydrogen-bond acceptors (Lipinski definition) is 4. The maximum absolute atomic E-state index is 12.3. The maximum atomic E-state index is 12.3. The van der Waals surface area contributed by atoms with E-state index >= 15 is 0 Å². The van der Waals surface area contributed by atoms with E-state index in [0.717, 1.165) is 6.42 Å². The molecule has 0 spiro atoms. The van der Waals surface area contributed by atoms with Crippen LogP contribution in [-0.2, 0) is 4.79 Å². The number of halogens is 1. The van der Waals surface area contributed by atoms with E-state index in [1.54, 1.807) is 35.2 Å². The average Bonchev–Trinajstić information content (AvgIpc) is 3.24. The summed E-state index contributed by atoms with van der Waals surface area (Å²) in [6.45, 7) is 0.633. The van der Waals surface area contributed by atoms with Gasteiger partial charge in [0.25, 0.3) is 5.91 Å². The summed E-state index contributed by atoms with van der Waals surface area (Å²) in [6, 6.07) is 8.21. The third kappa shape index (κ3) is 3.44. The number of aliphatic hydroxyl groups is 1. The van der Waals surface area contributed by atoms with Crippen LogP contribution in [0.5, 0.6) is 0 Å². The lowest BCUT2D eigenvalue weighted by atomic mass is 10.1. The van der Waals surface area contributed by atoms with Gasteiger partial charge in [-0.25, -0.2) is 0 Å². The van der Waals surface area contributed by atoms with Crippen molar-refractivity contribution < 1.29 is 19.1 Å². The molecule has 126 valence electrons. The number of nitrogens with one attached hydrogen (secondary N) is 1. The number of furan rings is 1. The van der Waals surface area contributed by atoms with Gasteiger partial charge in [0.05, 0.1) is 23.4 Å². The van der Waals surface area contributed by atoms with Crippen LogP contribution in [0.2, 0.25) is 5.02 Å². The van der Waals surface area contributed by atoms with Gasteiger partial charge in [-0.2, -0.15) is 0 Å². The zero-order chi connectivity index (χ0) is 17.1. The van der Waals surface area contributed by atoms with Crippen LogP contribution < -0.4 is 10.2 Å². The molecule has 1 aliphatic heterocycles. The molecule has 2 heterocycles. The number of anilines is 1. The Morgan fingerprint density at radius 3 is 2.92 bits per heavy atom. The van der Waals surface area contributed by atoms with Crippen molar-refractivity contribution >= 4 is 29.1 Å². The van der Waals surface area contributed by atoms with Gasteiger partial charge >= 0.3 is 0 Å². The number of benzene rings is 1. The molecule has 1 aromatic heterocycles. The van der Waals surface area contributed by atoms with Crippen LogP contribution in [0.15, 0.2) is 41.0 Å². The SMILES string of the molecule is O=C(NCC(O)c1ccco1)c1cc(N2CCCC2=O)ccc1Cl. The van der Waals surface area contributed by atoms with Gasteiger partial charge in [0.1, 0.15) is 11.9 Å². The number of nitrogens with zero attached hydrogens (tertiary/aromatic N) is 1. The van der Waals surface area contributed by atoms with Crippen molar-refractivity contribution in [2.75, 3.05) is 18.0 Å². The highest BCUT2D eigenvalue weighted by Gasteiger charge is 2.23. The summed E-state index contributed by atoms with van der Waals surface area (Å²) >= 11 is 6.10. The highest BCUT2D eigenvalue weighted by atomic mass is 35.5. The zero-order valence-electron chi connectivity index (χ0n) is 12.9. The second kappa shape index (κ2) is 7.07. The van der Waals surface area contributed by atoms with Gasteiger partial charge in [0, 0.05) is 18.7 Å². The third-order valence-electron chi connectivity index (χ3n) is 3.91. The van der Waals surface area contributed by atoms with Gasteiger partial charge in [-0.05, 0) is 36.8 Å². The summed E-state index contributed by atoms with van der Waals surface area (Å²) in [5, 5.41) is 12.8. The lowest BCUT2D eigenvalue weighted by Crippen LogP contribution is -2.29. The number of amides is 2. The number of hydrogen-bond donors (Lipinski definition) is 2. The van der Waals surface area contributed by atoms with Crippen molar-refractivity contribution in [1.29, 1.82) is 0 Å². The van der Waals surface area contributed by atoms with E-state index in [4.69, 9.17) is 16.0 Å². The molecule has 0 aliphatic carbocycles. The van der Waals surface area contributed by atoms with E-state index in [0.29, 0.717) is 24.4 Å². The highest BCUT2D eigenvalue weighted by molar-refractivity contribution is 6.34. The Kier molecular flexibility index (Phi) is 4.87. The molecule has 7 heteroatoms. The van der Waals surface area contributed by atoms with Gasteiger partial charge in [0.15, 0.2) is 0 Å². The molecule has 6 nitrogen and oxygen atoms in total. The normalized spacial score (nSPS) is 15.6. The second-order valence-corrected chi connectivity index (χ2v) is 5.96. The summed E-state index contributed by atoms with van der Waals surface area (Å²) in [5.74, 6) is -0.00571. The van der Waals surface area contributed by atoms with Gasteiger partial charge in [-0.3, -0.25) is 9.59 Å². The van der Waals surface area contributed by atoms with Gasteiger partial charge in [0.2, 0.25) is 5.91 Å². The molecular weight excluding hydrogens is 332 g/mol. The Bertz CT molecular complexity index is 745. The molecule has 1 atom stereocenters. The van der Waals surface area contributed by atoms with Crippen LogP contribution in [0.4, 0.5) is 5.69 Å². The van der Waals surface area contributed by atoms with Gasteiger partial charge in [-0.15, -0.1) is 0 Å². The van der Waals surface area contributed by atoms with Crippen LogP contribution in [0.3, 0.4) is 0 Å². The summed E-state index contributed by atoms with van der Waals surface area (Å²) < 4.78 is 5.08. The average molecular weight is 349 g/mol. The fourth-order valence-electron chi connectivity index (χ4n) is 2.64. The molecule has 1 fully saturated rings. The van der Waals surface area contributed by atoms with E-state index in [2.05, 4.69) is 5.32 Å². The maximum Gasteiger partial charge on any atom is 0.252 e. The van der Waals surface area contributed by atoms with Crippen molar-refractivity contribution in [1.82, 2.24) is 5.32 Å². The first-order valence-electron chi connectivity index (χ1n) is 7.66. The fourth-order valence-corrected chi connectivity index (χ4v) is 2.85. The first-order valence-corrected chi connectivity index (χ1v) is 8.03. The number of aliphatic hydroxyl groups excluding tert-OH is 1. The van der Waals surface area contributed by atoms with E-state index < -0.39 is 12.0 Å². The molecule has 0 radical (unpaired) electrons. The topological polar surface area (TPSA) is 82.8 Å². The first-order chi connectivity index (χ1) is 11.6. The largest absolute Gasteiger partial charge is 0.467 e. The second-order valence-electron chi connectivity index (χ2n) is 5.55. The van der Waals surface area contributed by atoms with Crippen molar-refractivity contribution in [3.63, 3.8) is 0 Å². The van der Waals surface area contributed by atoms with E-state index in [9.17, 15) is 14.7 Å². The molecule has 24 heavy (non-hydrogen) atoms. The molecule has 1 aliphatic rings. The van der Waals surface area contributed by atoms with Crippen LogP contribution in [0, 0.1) is 0 Å². The van der Waals surface area contributed by atoms with E-state index in [1.807, 2.05) is 0 Å². The lowest BCUT2D eigenvalue weighted by molar-refractivity contribution is -0.117. The van der Waals surface area contributed by atoms with E-state index in [-0.39, 0.29) is 23.0 Å². The van der Waals surface area contributed by atoms with Crippen LogP contribution in [0.25, 0.3) is 0 Å². The molecule has 1 unspecified atom stereocenters. The zero-order valence-corrected chi connectivity index (χ0v) is 13.6. The molecule has 1 saturated heterocycles. The van der Waals surface area contributed by atoms with Crippen molar-refractivity contribution in [2.45, 2.75) is 18.9 Å². The minimum atomic E-state index is -0.939. The fraction of sp³-hybridized carbons (Fsp3) is 0.294. The molecule has 2 aromatic rings. The molecule has 2 N–H and O–H groups in total. The van der Waals surface area contributed by atoms with Crippen LogP contribution in [0.1, 0.15) is 35.1 Å². The quantitative estimate of drug-likeness (QED) is 0.869. The third-order valence-corrected chi connectivity index (χ3v) is 4.24.